The predicted octanol–water partition coefficient (Wildman–Crippen LogP) is 4.03. The third kappa shape index (κ3) is 3.85. The molecule has 0 N–H and O–H groups in total. The zero-order valence-corrected chi connectivity index (χ0v) is 13.7. The summed E-state index contributed by atoms with van der Waals surface area (Å²) in [6.07, 6.45) is 0.367. The molecule has 126 valence electrons. The molecule has 5 heteroatoms. The summed E-state index contributed by atoms with van der Waals surface area (Å²) in [5, 5.41) is 0. The van der Waals surface area contributed by atoms with Gasteiger partial charge in [0.15, 0.2) is 5.78 Å². The van der Waals surface area contributed by atoms with Crippen LogP contribution in [0.5, 0.6) is 17.2 Å². The van der Waals surface area contributed by atoms with Gasteiger partial charge in [-0.25, -0.2) is 4.39 Å². The van der Waals surface area contributed by atoms with Crippen LogP contribution < -0.4 is 14.2 Å². The van der Waals surface area contributed by atoms with Crippen molar-refractivity contribution in [2.24, 2.45) is 0 Å². The minimum atomic E-state index is -0.506. The largest absolute Gasteiger partial charge is 0.490 e. The third-order valence-electron chi connectivity index (χ3n) is 3.66. The summed E-state index contributed by atoms with van der Waals surface area (Å²) in [6.45, 7) is 4.43. The Balaban J connectivity index is 1.56. The lowest BCUT2D eigenvalue weighted by Gasteiger charge is -2.31. The number of fused-ring (bicyclic) bond motifs is 1. The second kappa shape index (κ2) is 6.51. The number of carbonyl (C=O) groups is 1. The Morgan fingerprint density at radius 1 is 1.04 bits per heavy atom. The van der Waals surface area contributed by atoms with E-state index >= 15 is 0 Å². The van der Waals surface area contributed by atoms with Crippen molar-refractivity contribution in [1.29, 1.82) is 0 Å². The number of ketones is 1. The molecule has 4 nitrogen and oxygen atoms in total. The average molecular weight is 330 g/mol. The molecule has 2 aromatic rings. The van der Waals surface area contributed by atoms with Gasteiger partial charge in [0.25, 0.3) is 0 Å². The van der Waals surface area contributed by atoms with Crippen molar-refractivity contribution in [1.82, 2.24) is 0 Å². The Bertz CT molecular complexity index is 738. The maximum absolute atomic E-state index is 12.8. The van der Waals surface area contributed by atoms with Gasteiger partial charge >= 0.3 is 0 Å². The van der Waals surface area contributed by atoms with Crippen molar-refractivity contribution in [3.8, 4) is 17.2 Å². The van der Waals surface area contributed by atoms with Crippen molar-refractivity contribution in [3.63, 3.8) is 0 Å². The Kier molecular flexibility index (Phi) is 4.42. The monoisotopic (exact) mass is 330 g/mol. The zero-order valence-electron chi connectivity index (χ0n) is 13.7. The zero-order chi connectivity index (χ0) is 17.2. The summed E-state index contributed by atoms with van der Waals surface area (Å²) in [7, 11) is 0. The van der Waals surface area contributed by atoms with Gasteiger partial charge in [-0.2, -0.15) is 0 Å². The lowest BCUT2D eigenvalue weighted by molar-refractivity contribution is 0.0618. The highest BCUT2D eigenvalue weighted by Crippen LogP contribution is 2.35. The number of hydrogen-bond donors (Lipinski definition) is 0. The molecule has 1 aliphatic rings. The minimum Gasteiger partial charge on any atom is -0.490 e. The maximum Gasteiger partial charge on any atom is 0.170 e. The molecule has 0 spiro atoms. The van der Waals surface area contributed by atoms with E-state index < -0.39 is 5.60 Å². The lowest BCUT2D eigenvalue weighted by atomic mass is 9.93. The van der Waals surface area contributed by atoms with E-state index in [2.05, 4.69) is 0 Å². The lowest BCUT2D eigenvalue weighted by Crippen LogP contribution is -2.35. The number of hydrogen-bond acceptors (Lipinski definition) is 4. The van der Waals surface area contributed by atoms with Crippen LogP contribution in [0.3, 0.4) is 0 Å². The molecule has 0 bridgehead atoms. The van der Waals surface area contributed by atoms with Gasteiger partial charge in [0.05, 0.1) is 12.0 Å². The fourth-order valence-electron chi connectivity index (χ4n) is 2.57. The number of benzene rings is 2. The summed E-state index contributed by atoms with van der Waals surface area (Å²) < 4.78 is 29.7. The molecule has 0 saturated heterocycles. The van der Waals surface area contributed by atoms with Gasteiger partial charge < -0.3 is 14.2 Å². The fraction of sp³-hybridized carbons (Fsp3) is 0.316. The van der Waals surface area contributed by atoms with E-state index in [4.69, 9.17) is 14.2 Å². The van der Waals surface area contributed by atoms with Crippen molar-refractivity contribution in [3.05, 3.63) is 53.8 Å². The van der Waals surface area contributed by atoms with Crippen molar-refractivity contribution in [2.45, 2.75) is 25.9 Å². The molecule has 0 unspecified atom stereocenters. The number of ether oxygens (including phenoxy) is 3. The third-order valence-corrected chi connectivity index (χ3v) is 3.66. The summed E-state index contributed by atoms with van der Waals surface area (Å²) in [4.78, 5) is 12.1. The van der Waals surface area contributed by atoms with Crippen LogP contribution in [0.15, 0.2) is 42.5 Å². The smallest absolute Gasteiger partial charge is 0.170 e. The summed E-state index contributed by atoms with van der Waals surface area (Å²) in [5.74, 6) is 1.52. The Morgan fingerprint density at radius 3 is 2.38 bits per heavy atom. The number of rotatable bonds is 5. The van der Waals surface area contributed by atoms with E-state index in [1.807, 2.05) is 13.8 Å². The normalized spacial score (nSPS) is 15.4. The van der Waals surface area contributed by atoms with Crippen LogP contribution in [0.4, 0.5) is 4.39 Å². The first-order chi connectivity index (χ1) is 11.4. The van der Waals surface area contributed by atoms with E-state index in [0.717, 1.165) is 0 Å². The highest BCUT2D eigenvalue weighted by atomic mass is 19.1. The molecule has 1 aliphatic heterocycles. The Labute approximate surface area is 140 Å². The summed E-state index contributed by atoms with van der Waals surface area (Å²) >= 11 is 0. The van der Waals surface area contributed by atoms with Crippen molar-refractivity contribution < 1.29 is 23.4 Å². The molecule has 0 radical (unpaired) electrons. The van der Waals surface area contributed by atoms with Gasteiger partial charge in [-0.15, -0.1) is 0 Å². The van der Waals surface area contributed by atoms with E-state index in [0.29, 0.717) is 42.4 Å². The topological polar surface area (TPSA) is 44.8 Å². The fourth-order valence-corrected chi connectivity index (χ4v) is 2.57. The number of Topliss-reactive ketones (excluding diaryl/α,β-unsaturated/α-hetero) is 1. The van der Waals surface area contributed by atoms with Gasteiger partial charge in [0.1, 0.15) is 41.9 Å². The number of carbonyl (C=O) groups excluding carboxylic acids is 1. The second-order valence-electron chi connectivity index (χ2n) is 6.27. The van der Waals surface area contributed by atoms with Gasteiger partial charge in [0.2, 0.25) is 0 Å². The maximum atomic E-state index is 12.8. The van der Waals surface area contributed by atoms with Crippen LogP contribution >= 0.6 is 0 Å². The molecule has 2 aromatic carbocycles. The first-order valence-corrected chi connectivity index (χ1v) is 7.80. The van der Waals surface area contributed by atoms with Crippen molar-refractivity contribution in [2.75, 3.05) is 13.2 Å². The van der Waals surface area contributed by atoms with Crippen LogP contribution in [0, 0.1) is 5.82 Å². The predicted molar refractivity (Wildman–Crippen MR) is 87.5 cm³/mol. The second-order valence-corrected chi connectivity index (χ2v) is 6.27. The Hall–Kier alpha value is -2.56. The van der Waals surface area contributed by atoms with E-state index in [1.54, 1.807) is 30.3 Å². The molecule has 3 rings (SSSR count). The first-order valence-electron chi connectivity index (χ1n) is 7.80. The standard InChI is InChI=1S/C19H19FO4/c1-19(2)12-17(21)16-8-7-15(11-18(16)24-19)23-10-9-22-14-5-3-13(20)4-6-14/h3-8,11H,9-10,12H2,1-2H3. The van der Waals surface area contributed by atoms with Gasteiger partial charge in [-0.1, -0.05) is 0 Å². The quantitative estimate of drug-likeness (QED) is 0.777. The van der Waals surface area contributed by atoms with Gasteiger partial charge in [-0.05, 0) is 50.2 Å². The molecule has 0 amide bonds. The summed E-state index contributed by atoms with van der Waals surface area (Å²) in [5.41, 5.74) is 0.0817. The molecule has 0 aliphatic carbocycles. The van der Waals surface area contributed by atoms with Crippen molar-refractivity contribution >= 4 is 5.78 Å². The molecule has 24 heavy (non-hydrogen) atoms. The average Bonchev–Trinajstić information content (AvgIpc) is 2.52. The van der Waals surface area contributed by atoms with Gasteiger partial charge in [-0.3, -0.25) is 4.79 Å². The molecule has 0 fully saturated rings. The number of halogens is 1. The van der Waals surface area contributed by atoms with E-state index in [-0.39, 0.29) is 11.6 Å². The molecule has 0 aromatic heterocycles. The minimum absolute atomic E-state index is 0.0763. The van der Waals surface area contributed by atoms with Crippen LogP contribution in [-0.4, -0.2) is 24.6 Å². The molecular formula is C19H19FO4. The van der Waals surface area contributed by atoms with Crippen LogP contribution in [-0.2, 0) is 0 Å². The molecule has 1 heterocycles. The summed E-state index contributed by atoms with van der Waals surface area (Å²) in [6, 6.07) is 11.0. The highest BCUT2D eigenvalue weighted by Gasteiger charge is 2.32. The Morgan fingerprint density at radius 2 is 1.67 bits per heavy atom. The molecule has 0 atom stereocenters. The van der Waals surface area contributed by atoms with E-state index in [9.17, 15) is 9.18 Å². The van der Waals surface area contributed by atoms with Gasteiger partial charge in [0, 0.05) is 6.07 Å². The highest BCUT2D eigenvalue weighted by molar-refractivity contribution is 6.00. The van der Waals surface area contributed by atoms with Crippen LogP contribution in [0.1, 0.15) is 30.6 Å². The van der Waals surface area contributed by atoms with E-state index in [1.165, 1.54) is 12.1 Å². The van der Waals surface area contributed by atoms with Crippen LogP contribution in [0.25, 0.3) is 0 Å². The SMILES string of the molecule is CC1(C)CC(=O)c2ccc(OCCOc3ccc(F)cc3)cc2O1. The first kappa shape index (κ1) is 16.3. The molecular weight excluding hydrogens is 311 g/mol. The molecule has 0 saturated carbocycles. The van der Waals surface area contributed by atoms with Crippen LogP contribution in [0.2, 0.25) is 0 Å².